The lowest BCUT2D eigenvalue weighted by Crippen LogP contribution is -2.49. The predicted octanol–water partition coefficient (Wildman–Crippen LogP) is 1.95. The third-order valence-electron chi connectivity index (χ3n) is 5.25. The second-order valence-corrected chi connectivity index (χ2v) is 9.45. The van der Waals surface area contributed by atoms with Crippen molar-refractivity contribution < 1.29 is 17.6 Å². The van der Waals surface area contributed by atoms with Gasteiger partial charge in [-0.25, -0.2) is 12.8 Å². The smallest absolute Gasteiger partial charge is 0.237 e. The topological polar surface area (TPSA) is 75.3 Å². The summed E-state index contributed by atoms with van der Waals surface area (Å²) in [6.07, 6.45) is 3.82. The van der Waals surface area contributed by atoms with Gasteiger partial charge in [0.05, 0.1) is 17.5 Å². The largest absolute Gasteiger partial charge is 0.351 e. The molecule has 0 aromatic heterocycles. The Bertz CT molecular complexity index is 716. The van der Waals surface area contributed by atoms with Gasteiger partial charge in [0.1, 0.15) is 5.82 Å². The number of halogens is 1. The maximum atomic E-state index is 13.2. The molecule has 2 fully saturated rings. The minimum atomic E-state index is -3.02. The molecule has 1 aliphatic heterocycles. The Balaban J connectivity index is 1.62. The maximum Gasteiger partial charge on any atom is 0.237 e. The van der Waals surface area contributed by atoms with Crippen molar-refractivity contribution in [3.05, 3.63) is 35.6 Å². The molecule has 1 aliphatic carbocycles. The van der Waals surface area contributed by atoms with Gasteiger partial charge >= 0.3 is 0 Å². The Morgan fingerprint density at radius 2 is 1.88 bits per heavy atom. The van der Waals surface area contributed by atoms with E-state index in [1.165, 1.54) is 18.6 Å². The Morgan fingerprint density at radius 1 is 1.20 bits per heavy atom. The van der Waals surface area contributed by atoms with Crippen LogP contribution >= 0.6 is 0 Å². The van der Waals surface area contributed by atoms with Gasteiger partial charge in [0.25, 0.3) is 0 Å². The number of amides is 1. The van der Waals surface area contributed by atoms with Gasteiger partial charge in [-0.05, 0) is 49.8 Å². The number of carbonyl (C=O) groups is 1. The highest BCUT2D eigenvalue weighted by atomic mass is 32.2. The summed E-state index contributed by atoms with van der Waals surface area (Å²) in [5.74, 6) is 0.139. The van der Waals surface area contributed by atoms with E-state index in [1.807, 2.05) is 0 Å². The summed E-state index contributed by atoms with van der Waals surface area (Å²) in [6, 6.07) is 5.67. The molecule has 1 aromatic rings. The van der Waals surface area contributed by atoms with Crippen LogP contribution in [0.4, 0.5) is 4.39 Å². The van der Waals surface area contributed by atoms with Crippen molar-refractivity contribution in [3.63, 3.8) is 0 Å². The number of rotatable bonds is 6. The van der Waals surface area contributed by atoms with E-state index in [2.05, 4.69) is 10.6 Å². The lowest BCUT2D eigenvalue weighted by molar-refractivity contribution is -0.123. The van der Waals surface area contributed by atoms with Gasteiger partial charge in [0.2, 0.25) is 5.91 Å². The second-order valence-electron chi connectivity index (χ2n) is 7.22. The van der Waals surface area contributed by atoms with Gasteiger partial charge in [0, 0.05) is 12.1 Å². The van der Waals surface area contributed by atoms with Gasteiger partial charge in [-0.15, -0.1) is 0 Å². The van der Waals surface area contributed by atoms with Crippen LogP contribution in [0.15, 0.2) is 24.3 Å². The molecule has 1 saturated carbocycles. The quantitative estimate of drug-likeness (QED) is 0.805. The van der Waals surface area contributed by atoms with Crippen LogP contribution in [0.5, 0.6) is 0 Å². The molecule has 2 aliphatic rings. The summed E-state index contributed by atoms with van der Waals surface area (Å²) < 4.78 is 36.2. The summed E-state index contributed by atoms with van der Waals surface area (Å²) in [6.45, 7) is 1.79. The maximum absolute atomic E-state index is 13.2. The molecule has 0 bridgehead atoms. The minimum Gasteiger partial charge on any atom is -0.351 e. The first kappa shape index (κ1) is 18.3. The summed E-state index contributed by atoms with van der Waals surface area (Å²) in [4.78, 5) is 12.4. The van der Waals surface area contributed by atoms with Crippen molar-refractivity contribution >= 4 is 15.7 Å². The molecule has 2 N–H and O–H groups in total. The average molecular weight is 368 g/mol. The van der Waals surface area contributed by atoms with Crippen LogP contribution in [0.25, 0.3) is 0 Å². The number of nitrogens with one attached hydrogen (secondary N) is 2. The molecule has 138 valence electrons. The highest BCUT2D eigenvalue weighted by Gasteiger charge is 2.33. The molecule has 25 heavy (non-hydrogen) atoms. The minimum absolute atomic E-state index is 0.00223. The Labute approximate surface area is 148 Å². The van der Waals surface area contributed by atoms with Crippen molar-refractivity contribution in [2.45, 2.75) is 50.7 Å². The number of carbonyl (C=O) groups excluding carboxylic acids is 1. The molecule has 1 heterocycles. The summed E-state index contributed by atoms with van der Waals surface area (Å²) in [5, 5.41) is 6.20. The fourth-order valence-electron chi connectivity index (χ4n) is 3.53. The molecular weight excluding hydrogens is 343 g/mol. The van der Waals surface area contributed by atoms with E-state index in [0.717, 1.165) is 18.4 Å². The summed E-state index contributed by atoms with van der Waals surface area (Å²) >= 11 is 0. The number of hydrogen-bond donors (Lipinski definition) is 2. The van der Waals surface area contributed by atoms with E-state index in [9.17, 15) is 17.6 Å². The lowest BCUT2D eigenvalue weighted by Gasteiger charge is -2.36. The Morgan fingerprint density at radius 3 is 2.40 bits per heavy atom. The predicted molar refractivity (Wildman–Crippen MR) is 94.3 cm³/mol. The molecule has 5 nitrogen and oxygen atoms in total. The van der Waals surface area contributed by atoms with Crippen molar-refractivity contribution in [1.29, 1.82) is 0 Å². The molecule has 3 rings (SSSR count). The van der Waals surface area contributed by atoms with E-state index < -0.39 is 15.9 Å². The molecule has 3 unspecified atom stereocenters. The van der Waals surface area contributed by atoms with E-state index in [-0.39, 0.29) is 35.3 Å². The van der Waals surface area contributed by atoms with E-state index in [1.54, 1.807) is 19.1 Å². The third kappa shape index (κ3) is 4.58. The number of sulfone groups is 1. The van der Waals surface area contributed by atoms with E-state index >= 15 is 0 Å². The highest BCUT2D eigenvalue weighted by Crippen LogP contribution is 2.38. The summed E-state index contributed by atoms with van der Waals surface area (Å²) in [7, 11) is -3.02. The number of benzene rings is 1. The summed E-state index contributed by atoms with van der Waals surface area (Å²) in [5.41, 5.74) is 0.981. The fraction of sp³-hybridized carbons (Fsp3) is 0.611. The van der Waals surface area contributed by atoms with E-state index in [0.29, 0.717) is 12.3 Å². The normalized spacial score (nSPS) is 25.1. The molecule has 0 radical (unpaired) electrons. The molecule has 1 amide bonds. The van der Waals surface area contributed by atoms with Crippen LogP contribution in [-0.2, 0) is 14.6 Å². The van der Waals surface area contributed by atoms with Crippen LogP contribution in [0.2, 0.25) is 0 Å². The van der Waals surface area contributed by atoms with Crippen molar-refractivity contribution in [2.75, 3.05) is 11.5 Å². The Kier molecular flexibility index (Phi) is 5.43. The fourth-order valence-corrected chi connectivity index (χ4v) is 5.20. The number of hydrogen-bond acceptors (Lipinski definition) is 4. The zero-order valence-electron chi connectivity index (χ0n) is 14.4. The van der Waals surface area contributed by atoms with Gasteiger partial charge in [-0.1, -0.05) is 18.6 Å². The van der Waals surface area contributed by atoms with Crippen LogP contribution < -0.4 is 10.6 Å². The van der Waals surface area contributed by atoms with Crippen LogP contribution in [0.3, 0.4) is 0 Å². The zero-order valence-corrected chi connectivity index (χ0v) is 15.2. The van der Waals surface area contributed by atoms with Crippen LogP contribution in [0.1, 0.15) is 44.2 Å². The molecular formula is C18H25FN2O3S. The SMILES string of the molecule is CC(NC(c1ccc(F)cc1)C1CCC1)C(=O)NC1CCS(=O)(=O)C1. The first-order valence-corrected chi connectivity index (χ1v) is 10.7. The van der Waals surface area contributed by atoms with Crippen molar-refractivity contribution in [1.82, 2.24) is 10.6 Å². The zero-order chi connectivity index (χ0) is 18.0. The first-order chi connectivity index (χ1) is 11.8. The van der Waals surface area contributed by atoms with Gasteiger partial charge in [-0.3, -0.25) is 10.1 Å². The van der Waals surface area contributed by atoms with Crippen molar-refractivity contribution in [3.8, 4) is 0 Å². The average Bonchev–Trinajstić information content (AvgIpc) is 2.84. The monoisotopic (exact) mass is 368 g/mol. The van der Waals surface area contributed by atoms with Gasteiger partial charge < -0.3 is 5.32 Å². The van der Waals surface area contributed by atoms with Crippen LogP contribution in [-0.4, -0.2) is 37.9 Å². The molecule has 1 aromatic carbocycles. The van der Waals surface area contributed by atoms with Crippen molar-refractivity contribution in [2.24, 2.45) is 5.92 Å². The third-order valence-corrected chi connectivity index (χ3v) is 7.02. The highest BCUT2D eigenvalue weighted by molar-refractivity contribution is 7.91. The standard InChI is InChI=1S/C18H25FN2O3S/c1-12(18(22)21-16-9-10-25(23,24)11-16)20-17(13-3-2-4-13)14-5-7-15(19)8-6-14/h5-8,12-13,16-17,20H,2-4,9-11H2,1H3,(H,21,22). The van der Waals surface area contributed by atoms with E-state index in [4.69, 9.17) is 0 Å². The molecule has 1 saturated heterocycles. The Hall–Kier alpha value is -1.47. The molecule has 7 heteroatoms. The van der Waals surface area contributed by atoms with Crippen LogP contribution in [0, 0.1) is 11.7 Å². The second kappa shape index (κ2) is 7.41. The lowest BCUT2D eigenvalue weighted by atomic mass is 9.77. The van der Waals surface area contributed by atoms with Gasteiger partial charge in [0.15, 0.2) is 9.84 Å². The molecule has 3 atom stereocenters. The van der Waals surface area contributed by atoms with Gasteiger partial charge in [-0.2, -0.15) is 0 Å². The first-order valence-electron chi connectivity index (χ1n) is 8.86. The molecule has 0 spiro atoms.